The van der Waals surface area contributed by atoms with Gasteiger partial charge in [0.25, 0.3) is 0 Å². The lowest BCUT2D eigenvalue weighted by molar-refractivity contribution is -0.111. The Balaban J connectivity index is 3.32. The van der Waals surface area contributed by atoms with E-state index in [9.17, 15) is 4.79 Å². The van der Waals surface area contributed by atoms with Crippen molar-refractivity contribution in [2.75, 3.05) is 20.2 Å². The molecule has 0 aliphatic rings. The minimum atomic E-state index is 0.106. The van der Waals surface area contributed by atoms with Crippen LogP contribution in [0.3, 0.4) is 0 Å². The van der Waals surface area contributed by atoms with E-state index in [0.717, 1.165) is 19.3 Å². The summed E-state index contributed by atoms with van der Waals surface area (Å²) in [6, 6.07) is 0. The second-order valence-corrected chi connectivity index (χ2v) is 3.13. The molecule has 0 aromatic heterocycles. The van der Waals surface area contributed by atoms with E-state index in [1.54, 1.807) is 0 Å². The molecular weight excluding hydrogens is 154 g/mol. The summed E-state index contributed by atoms with van der Waals surface area (Å²) in [6.45, 7) is 5.48. The Morgan fingerprint density at radius 1 is 1.50 bits per heavy atom. The Bertz CT molecular complexity index is 117. The number of aldehydes is 1. The van der Waals surface area contributed by atoms with Crippen LogP contribution in [0.15, 0.2) is 0 Å². The normalized spacial score (nSPS) is 15.6. The van der Waals surface area contributed by atoms with Crippen LogP contribution in [0.4, 0.5) is 0 Å². The fourth-order valence-corrected chi connectivity index (χ4v) is 1.01. The Morgan fingerprint density at radius 3 is 2.67 bits per heavy atom. The third kappa shape index (κ3) is 6.31. The molecule has 0 fully saturated rings. The van der Waals surface area contributed by atoms with Gasteiger partial charge < -0.3 is 14.8 Å². The maximum atomic E-state index is 10.3. The van der Waals surface area contributed by atoms with Crippen LogP contribution in [0.2, 0.25) is 0 Å². The Hall–Kier alpha value is -0.410. The van der Waals surface area contributed by atoms with Crippen molar-refractivity contribution in [3.63, 3.8) is 0 Å². The van der Waals surface area contributed by atoms with Crippen molar-refractivity contribution in [2.45, 2.75) is 26.4 Å². The van der Waals surface area contributed by atoms with Gasteiger partial charge in [-0.25, -0.2) is 0 Å². The first kappa shape index (κ1) is 11.6. The van der Waals surface area contributed by atoms with Gasteiger partial charge in [0.1, 0.15) is 6.29 Å². The Morgan fingerprint density at radius 2 is 2.17 bits per heavy atom. The average Bonchev–Trinajstić information content (AvgIpc) is 2.05. The average molecular weight is 173 g/mol. The Kier molecular flexibility index (Phi) is 7.00. The van der Waals surface area contributed by atoms with Gasteiger partial charge in [-0.3, -0.25) is 0 Å². The lowest BCUT2D eigenvalue weighted by atomic mass is 10.1. The molecule has 12 heavy (non-hydrogen) atoms. The van der Waals surface area contributed by atoms with E-state index in [0.29, 0.717) is 6.61 Å². The van der Waals surface area contributed by atoms with Crippen molar-refractivity contribution in [2.24, 2.45) is 5.92 Å². The van der Waals surface area contributed by atoms with Crippen molar-refractivity contribution >= 4 is 6.29 Å². The van der Waals surface area contributed by atoms with Crippen molar-refractivity contribution in [1.82, 2.24) is 5.32 Å². The lowest BCUT2D eigenvalue weighted by Crippen LogP contribution is -2.20. The second kappa shape index (κ2) is 7.25. The van der Waals surface area contributed by atoms with E-state index in [2.05, 4.69) is 5.32 Å². The van der Waals surface area contributed by atoms with Crippen LogP contribution >= 0.6 is 0 Å². The maximum absolute atomic E-state index is 10.3. The number of hydrogen-bond donors (Lipinski definition) is 1. The van der Waals surface area contributed by atoms with E-state index >= 15 is 0 Å². The number of rotatable bonds is 7. The summed E-state index contributed by atoms with van der Waals surface area (Å²) < 4.78 is 5.43. The standard InChI is InChI=1S/C9H19NO2/c1-8(7-11)6-9(2)12-5-4-10-3/h7-10H,4-6H2,1-3H3. The van der Waals surface area contributed by atoms with E-state index in [1.165, 1.54) is 0 Å². The quantitative estimate of drug-likeness (QED) is 0.458. The molecule has 3 heteroatoms. The minimum Gasteiger partial charge on any atom is -0.377 e. The van der Waals surface area contributed by atoms with E-state index < -0.39 is 0 Å². The number of likely N-dealkylation sites (N-methyl/N-ethyl adjacent to an activating group) is 1. The molecule has 0 rings (SSSR count). The number of carbonyl (C=O) groups excluding carboxylic acids is 1. The lowest BCUT2D eigenvalue weighted by Gasteiger charge is -2.13. The zero-order valence-corrected chi connectivity index (χ0v) is 8.17. The summed E-state index contributed by atoms with van der Waals surface area (Å²) in [7, 11) is 1.89. The molecule has 0 spiro atoms. The van der Waals surface area contributed by atoms with Gasteiger partial charge in [-0.1, -0.05) is 6.92 Å². The fraction of sp³-hybridized carbons (Fsp3) is 0.889. The molecule has 0 aromatic rings. The molecule has 0 aliphatic heterocycles. The van der Waals surface area contributed by atoms with Crippen LogP contribution in [-0.2, 0) is 9.53 Å². The highest BCUT2D eigenvalue weighted by atomic mass is 16.5. The summed E-state index contributed by atoms with van der Waals surface area (Å²) >= 11 is 0. The first-order chi connectivity index (χ1) is 5.70. The molecule has 0 saturated carbocycles. The SMILES string of the molecule is CNCCOC(C)CC(C)C=O. The Labute approximate surface area is 74.5 Å². The summed E-state index contributed by atoms with van der Waals surface area (Å²) in [4.78, 5) is 10.3. The van der Waals surface area contributed by atoms with Crippen molar-refractivity contribution in [3.8, 4) is 0 Å². The fourth-order valence-electron chi connectivity index (χ4n) is 1.01. The predicted molar refractivity (Wildman–Crippen MR) is 49.2 cm³/mol. The van der Waals surface area contributed by atoms with E-state index in [4.69, 9.17) is 4.74 Å². The van der Waals surface area contributed by atoms with Crippen LogP contribution in [0.1, 0.15) is 20.3 Å². The van der Waals surface area contributed by atoms with Gasteiger partial charge in [0.2, 0.25) is 0 Å². The molecule has 2 atom stereocenters. The molecular formula is C9H19NO2. The van der Waals surface area contributed by atoms with Crippen molar-refractivity contribution in [3.05, 3.63) is 0 Å². The van der Waals surface area contributed by atoms with Gasteiger partial charge in [0.15, 0.2) is 0 Å². The van der Waals surface area contributed by atoms with Crippen LogP contribution in [0.5, 0.6) is 0 Å². The largest absolute Gasteiger partial charge is 0.377 e. The molecule has 72 valence electrons. The molecule has 3 nitrogen and oxygen atoms in total. The number of nitrogens with one attached hydrogen (secondary N) is 1. The molecule has 0 bridgehead atoms. The molecule has 2 unspecified atom stereocenters. The molecule has 0 heterocycles. The maximum Gasteiger partial charge on any atom is 0.122 e. The third-order valence-corrected chi connectivity index (χ3v) is 1.69. The first-order valence-corrected chi connectivity index (χ1v) is 4.42. The highest BCUT2D eigenvalue weighted by molar-refractivity contribution is 5.52. The van der Waals surface area contributed by atoms with Gasteiger partial charge in [0.05, 0.1) is 12.7 Å². The van der Waals surface area contributed by atoms with Gasteiger partial charge in [-0.05, 0) is 20.4 Å². The second-order valence-electron chi connectivity index (χ2n) is 3.13. The van der Waals surface area contributed by atoms with Crippen molar-refractivity contribution in [1.29, 1.82) is 0 Å². The monoisotopic (exact) mass is 173 g/mol. The van der Waals surface area contributed by atoms with Gasteiger partial charge in [-0.2, -0.15) is 0 Å². The van der Waals surface area contributed by atoms with E-state index in [1.807, 2.05) is 20.9 Å². The zero-order valence-electron chi connectivity index (χ0n) is 8.17. The predicted octanol–water partition coefficient (Wildman–Crippen LogP) is 0.836. The minimum absolute atomic E-state index is 0.106. The molecule has 0 aliphatic carbocycles. The van der Waals surface area contributed by atoms with Gasteiger partial charge in [0, 0.05) is 12.5 Å². The summed E-state index contributed by atoms with van der Waals surface area (Å²) in [6.07, 6.45) is 1.96. The zero-order chi connectivity index (χ0) is 9.40. The summed E-state index contributed by atoms with van der Waals surface area (Å²) in [5.41, 5.74) is 0. The number of carbonyl (C=O) groups is 1. The van der Waals surface area contributed by atoms with E-state index in [-0.39, 0.29) is 12.0 Å². The molecule has 1 N–H and O–H groups in total. The first-order valence-electron chi connectivity index (χ1n) is 4.42. The van der Waals surface area contributed by atoms with Crippen LogP contribution in [0, 0.1) is 5.92 Å². The van der Waals surface area contributed by atoms with Gasteiger partial charge >= 0.3 is 0 Å². The van der Waals surface area contributed by atoms with Crippen molar-refractivity contribution < 1.29 is 9.53 Å². The summed E-state index contributed by atoms with van der Waals surface area (Å²) in [5.74, 6) is 0.106. The van der Waals surface area contributed by atoms with Crippen LogP contribution < -0.4 is 5.32 Å². The highest BCUT2D eigenvalue weighted by Gasteiger charge is 2.06. The number of ether oxygens (including phenoxy) is 1. The molecule has 0 radical (unpaired) electrons. The smallest absolute Gasteiger partial charge is 0.122 e. The van der Waals surface area contributed by atoms with Crippen LogP contribution in [-0.4, -0.2) is 32.6 Å². The highest BCUT2D eigenvalue weighted by Crippen LogP contribution is 2.05. The number of hydrogen-bond acceptors (Lipinski definition) is 3. The topological polar surface area (TPSA) is 38.3 Å². The van der Waals surface area contributed by atoms with Gasteiger partial charge in [-0.15, -0.1) is 0 Å². The third-order valence-electron chi connectivity index (χ3n) is 1.69. The summed E-state index contributed by atoms with van der Waals surface area (Å²) in [5, 5.41) is 3.00. The molecule has 0 amide bonds. The molecule has 0 aromatic carbocycles. The molecule has 0 saturated heterocycles. The van der Waals surface area contributed by atoms with Crippen LogP contribution in [0.25, 0.3) is 0 Å².